The SMILES string of the molecule is CC(C)CC(NC(=O)OCc1ccccc1)C(=O)NC(CCC1CCNC1=O)C(O)C(=O)NC(C)C. The van der Waals surface area contributed by atoms with E-state index in [0.717, 1.165) is 5.56 Å². The molecule has 1 aromatic carbocycles. The van der Waals surface area contributed by atoms with Gasteiger partial charge in [-0.25, -0.2) is 4.79 Å². The minimum atomic E-state index is -1.51. The lowest BCUT2D eigenvalue weighted by Crippen LogP contribution is -2.56. The van der Waals surface area contributed by atoms with Crippen molar-refractivity contribution in [1.29, 1.82) is 0 Å². The van der Waals surface area contributed by atoms with Gasteiger partial charge < -0.3 is 31.1 Å². The van der Waals surface area contributed by atoms with Gasteiger partial charge in [-0.15, -0.1) is 0 Å². The van der Waals surface area contributed by atoms with E-state index in [2.05, 4.69) is 21.3 Å². The predicted octanol–water partition coefficient (Wildman–Crippen LogP) is 1.61. The topological polar surface area (TPSA) is 146 Å². The molecule has 0 radical (unpaired) electrons. The molecule has 1 aliphatic rings. The highest BCUT2D eigenvalue weighted by Crippen LogP contribution is 2.19. The van der Waals surface area contributed by atoms with Crippen LogP contribution in [0.2, 0.25) is 0 Å². The maximum absolute atomic E-state index is 13.2. The highest BCUT2D eigenvalue weighted by molar-refractivity contribution is 5.87. The van der Waals surface area contributed by atoms with Crippen molar-refractivity contribution < 1.29 is 29.0 Å². The molecule has 0 saturated carbocycles. The first kappa shape index (κ1) is 29.1. The van der Waals surface area contributed by atoms with Crippen LogP contribution in [0.4, 0.5) is 4.79 Å². The van der Waals surface area contributed by atoms with Crippen LogP contribution in [-0.2, 0) is 25.7 Å². The van der Waals surface area contributed by atoms with Crippen molar-refractivity contribution in [1.82, 2.24) is 21.3 Å². The van der Waals surface area contributed by atoms with E-state index in [4.69, 9.17) is 4.74 Å². The maximum Gasteiger partial charge on any atom is 0.408 e. The third kappa shape index (κ3) is 9.85. The van der Waals surface area contributed by atoms with Crippen molar-refractivity contribution in [2.45, 2.75) is 84.2 Å². The van der Waals surface area contributed by atoms with Crippen LogP contribution < -0.4 is 21.3 Å². The van der Waals surface area contributed by atoms with Crippen molar-refractivity contribution in [3.8, 4) is 0 Å². The second-order valence-electron chi connectivity index (χ2n) is 9.97. The van der Waals surface area contributed by atoms with E-state index in [1.165, 1.54) is 0 Å². The van der Waals surface area contributed by atoms with Gasteiger partial charge in [-0.05, 0) is 51.0 Å². The van der Waals surface area contributed by atoms with Crippen LogP contribution >= 0.6 is 0 Å². The van der Waals surface area contributed by atoms with Gasteiger partial charge in [0, 0.05) is 18.5 Å². The zero-order chi connectivity index (χ0) is 26.7. The highest BCUT2D eigenvalue weighted by atomic mass is 16.5. The molecule has 200 valence electrons. The molecular formula is C26H40N4O6. The summed E-state index contributed by atoms with van der Waals surface area (Å²) in [6.07, 6.45) is -0.618. The molecule has 1 aliphatic heterocycles. The molecule has 0 aliphatic carbocycles. The highest BCUT2D eigenvalue weighted by Gasteiger charge is 2.33. The quantitative estimate of drug-likeness (QED) is 0.276. The first-order valence-corrected chi connectivity index (χ1v) is 12.6. The van der Waals surface area contributed by atoms with Crippen molar-refractivity contribution in [3.05, 3.63) is 35.9 Å². The first-order valence-electron chi connectivity index (χ1n) is 12.6. The van der Waals surface area contributed by atoms with E-state index < -0.39 is 36.1 Å². The van der Waals surface area contributed by atoms with Crippen molar-refractivity contribution >= 4 is 23.8 Å². The van der Waals surface area contributed by atoms with E-state index in [1.54, 1.807) is 13.8 Å². The summed E-state index contributed by atoms with van der Waals surface area (Å²) >= 11 is 0. The lowest BCUT2D eigenvalue weighted by atomic mass is 9.95. The normalized spacial score (nSPS) is 17.8. The lowest BCUT2D eigenvalue weighted by molar-refractivity contribution is -0.133. The molecule has 10 heteroatoms. The van der Waals surface area contributed by atoms with Gasteiger partial charge in [0.25, 0.3) is 5.91 Å². The summed E-state index contributed by atoms with van der Waals surface area (Å²) in [5.74, 6) is -1.37. The van der Waals surface area contributed by atoms with Gasteiger partial charge in [-0.2, -0.15) is 0 Å². The summed E-state index contributed by atoms with van der Waals surface area (Å²) < 4.78 is 5.26. The number of aliphatic hydroxyl groups excluding tert-OH is 1. The number of carbonyl (C=O) groups is 4. The Labute approximate surface area is 212 Å². The largest absolute Gasteiger partial charge is 0.445 e. The second kappa shape index (κ2) is 14.4. The van der Waals surface area contributed by atoms with Crippen molar-refractivity contribution in [2.75, 3.05) is 6.54 Å². The average Bonchev–Trinajstić information content (AvgIpc) is 3.23. The van der Waals surface area contributed by atoms with Crippen LogP contribution in [0.1, 0.15) is 58.9 Å². The van der Waals surface area contributed by atoms with Crippen molar-refractivity contribution in [3.63, 3.8) is 0 Å². The summed E-state index contributed by atoms with van der Waals surface area (Å²) in [5, 5.41) is 21.5. The number of ether oxygens (including phenoxy) is 1. The Balaban J connectivity index is 2.06. The molecular weight excluding hydrogens is 464 g/mol. The first-order chi connectivity index (χ1) is 17.1. The number of amides is 4. The van der Waals surface area contributed by atoms with Crippen molar-refractivity contribution in [2.24, 2.45) is 11.8 Å². The van der Waals surface area contributed by atoms with E-state index in [9.17, 15) is 24.3 Å². The second-order valence-corrected chi connectivity index (χ2v) is 9.97. The van der Waals surface area contributed by atoms with Crippen LogP contribution in [0.25, 0.3) is 0 Å². The Morgan fingerprint density at radius 2 is 1.75 bits per heavy atom. The molecule has 1 heterocycles. The minimum absolute atomic E-state index is 0.0584. The molecule has 10 nitrogen and oxygen atoms in total. The predicted molar refractivity (Wildman–Crippen MR) is 135 cm³/mol. The maximum atomic E-state index is 13.2. The Hall–Kier alpha value is -3.14. The Bertz CT molecular complexity index is 876. The number of benzene rings is 1. The molecule has 4 amide bonds. The fourth-order valence-corrected chi connectivity index (χ4v) is 4.06. The van der Waals surface area contributed by atoms with Crippen LogP contribution in [0, 0.1) is 11.8 Å². The number of hydrogen-bond acceptors (Lipinski definition) is 6. The van der Waals surface area contributed by atoms with Gasteiger partial charge in [0.15, 0.2) is 6.10 Å². The zero-order valence-corrected chi connectivity index (χ0v) is 21.6. The number of alkyl carbamates (subject to hydrolysis) is 1. The van der Waals surface area contributed by atoms with Gasteiger partial charge in [-0.3, -0.25) is 14.4 Å². The average molecular weight is 505 g/mol. The molecule has 1 saturated heterocycles. The van der Waals surface area contributed by atoms with Crippen LogP contribution in [0.15, 0.2) is 30.3 Å². The Morgan fingerprint density at radius 1 is 1.06 bits per heavy atom. The number of aliphatic hydroxyl groups is 1. The summed E-state index contributed by atoms with van der Waals surface area (Å²) in [7, 11) is 0. The number of hydrogen-bond donors (Lipinski definition) is 5. The molecule has 0 aromatic heterocycles. The van der Waals surface area contributed by atoms with Gasteiger partial charge >= 0.3 is 6.09 Å². The molecule has 1 aromatic rings. The molecule has 4 unspecified atom stereocenters. The summed E-state index contributed by atoms with van der Waals surface area (Å²) in [6.45, 7) is 8.01. The van der Waals surface area contributed by atoms with Gasteiger partial charge in [0.05, 0.1) is 6.04 Å². The van der Waals surface area contributed by atoms with Crippen LogP contribution in [0.5, 0.6) is 0 Å². The molecule has 2 rings (SSSR count). The molecule has 5 N–H and O–H groups in total. The summed E-state index contributed by atoms with van der Waals surface area (Å²) in [4.78, 5) is 50.1. The van der Waals surface area contributed by atoms with Crippen LogP contribution in [0.3, 0.4) is 0 Å². The fraction of sp³-hybridized carbons (Fsp3) is 0.615. The fourth-order valence-electron chi connectivity index (χ4n) is 4.06. The molecule has 36 heavy (non-hydrogen) atoms. The van der Waals surface area contributed by atoms with E-state index in [1.807, 2.05) is 44.2 Å². The third-order valence-electron chi connectivity index (χ3n) is 5.93. The van der Waals surface area contributed by atoms with Crippen LogP contribution in [-0.4, -0.2) is 59.7 Å². The van der Waals surface area contributed by atoms with E-state index in [-0.39, 0.29) is 36.8 Å². The number of rotatable bonds is 13. The molecule has 4 atom stereocenters. The van der Waals surface area contributed by atoms with Gasteiger partial charge in [0.2, 0.25) is 11.8 Å². The Morgan fingerprint density at radius 3 is 2.33 bits per heavy atom. The number of nitrogens with one attached hydrogen (secondary N) is 4. The smallest absolute Gasteiger partial charge is 0.408 e. The molecule has 0 bridgehead atoms. The lowest BCUT2D eigenvalue weighted by Gasteiger charge is -2.28. The monoisotopic (exact) mass is 504 g/mol. The Kier molecular flexibility index (Phi) is 11.7. The van der Waals surface area contributed by atoms with Gasteiger partial charge in [-0.1, -0.05) is 44.2 Å². The van der Waals surface area contributed by atoms with E-state index >= 15 is 0 Å². The molecule has 1 fully saturated rings. The standard InChI is InChI=1S/C26H40N4O6/c1-16(2)14-21(30-26(35)36-15-18-8-6-5-7-9-18)24(33)29-20(22(31)25(34)28-17(3)4)11-10-19-12-13-27-23(19)32/h5-9,16-17,19-22,31H,10-15H2,1-4H3,(H,27,32)(H,28,34)(H,29,33)(H,30,35). The molecule has 0 spiro atoms. The van der Waals surface area contributed by atoms with E-state index in [0.29, 0.717) is 25.8 Å². The zero-order valence-electron chi connectivity index (χ0n) is 21.6. The summed E-state index contributed by atoms with van der Waals surface area (Å²) in [5.41, 5.74) is 0.813. The summed E-state index contributed by atoms with van der Waals surface area (Å²) in [6, 6.07) is 7.13. The number of carbonyl (C=O) groups excluding carboxylic acids is 4. The minimum Gasteiger partial charge on any atom is -0.445 e. The third-order valence-corrected chi connectivity index (χ3v) is 5.93. The van der Waals surface area contributed by atoms with Gasteiger partial charge in [0.1, 0.15) is 12.6 Å².